The van der Waals surface area contributed by atoms with Gasteiger partial charge in [0.05, 0.1) is 11.3 Å². The minimum atomic E-state index is -1.15. The lowest BCUT2D eigenvalue weighted by atomic mass is 10.1. The van der Waals surface area contributed by atoms with E-state index in [1.165, 1.54) is 25.1 Å². The summed E-state index contributed by atoms with van der Waals surface area (Å²) in [6, 6.07) is 13.0. The van der Waals surface area contributed by atoms with Crippen molar-refractivity contribution in [3.05, 3.63) is 65.2 Å². The number of ketones is 1. The van der Waals surface area contributed by atoms with Crippen molar-refractivity contribution in [2.75, 3.05) is 5.32 Å². The van der Waals surface area contributed by atoms with Gasteiger partial charge in [-0.2, -0.15) is 0 Å². The van der Waals surface area contributed by atoms with Gasteiger partial charge in [-0.25, -0.2) is 9.59 Å². The number of nitrogens with one attached hydrogen (secondary N) is 1. The molecule has 0 spiro atoms. The normalized spacial score (nSPS) is 9.96. The number of carboxylic acids is 1. The van der Waals surface area contributed by atoms with E-state index in [2.05, 4.69) is 5.32 Å². The Labute approximate surface area is 132 Å². The molecule has 6 heteroatoms. The topological polar surface area (TPSA) is 92.7 Å². The third-order valence-corrected chi connectivity index (χ3v) is 3.10. The van der Waals surface area contributed by atoms with Crippen LogP contribution in [-0.2, 0) is 11.3 Å². The van der Waals surface area contributed by atoms with Crippen LogP contribution in [0.3, 0.4) is 0 Å². The molecule has 2 aromatic rings. The highest BCUT2D eigenvalue weighted by Crippen LogP contribution is 2.19. The lowest BCUT2D eigenvalue weighted by Gasteiger charge is -2.10. The summed E-state index contributed by atoms with van der Waals surface area (Å²) in [5.74, 6) is -1.50. The average molecular weight is 313 g/mol. The summed E-state index contributed by atoms with van der Waals surface area (Å²) >= 11 is 0. The number of hydrogen-bond acceptors (Lipinski definition) is 4. The van der Waals surface area contributed by atoms with Gasteiger partial charge < -0.3 is 9.84 Å². The number of Topliss-reactive ketones (excluding diaryl/α,β-unsaturated/α-hetero) is 1. The van der Waals surface area contributed by atoms with E-state index < -0.39 is 12.1 Å². The van der Waals surface area contributed by atoms with Gasteiger partial charge in [0.25, 0.3) is 0 Å². The molecule has 23 heavy (non-hydrogen) atoms. The van der Waals surface area contributed by atoms with Crippen LogP contribution in [-0.4, -0.2) is 23.0 Å². The molecule has 0 saturated carbocycles. The molecule has 0 bridgehead atoms. The molecule has 0 aromatic heterocycles. The summed E-state index contributed by atoms with van der Waals surface area (Å²) in [5.41, 5.74) is 1.12. The van der Waals surface area contributed by atoms with Crippen LogP contribution >= 0.6 is 0 Å². The molecule has 0 aliphatic heterocycles. The maximum atomic E-state index is 11.8. The Bertz CT molecular complexity index is 740. The number of rotatable bonds is 5. The van der Waals surface area contributed by atoms with Gasteiger partial charge in [-0.3, -0.25) is 10.1 Å². The third-order valence-electron chi connectivity index (χ3n) is 3.10. The molecule has 118 valence electrons. The fraction of sp³-hybridized carbons (Fsp3) is 0.118. The highest BCUT2D eigenvalue weighted by molar-refractivity contribution is 6.04. The monoisotopic (exact) mass is 313 g/mol. The molecule has 2 rings (SSSR count). The summed E-state index contributed by atoms with van der Waals surface area (Å²) in [4.78, 5) is 34.4. The predicted molar refractivity (Wildman–Crippen MR) is 83.7 cm³/mol. The van der Waals surface area contributed by atoms with Gasteiger partial charge in [-0.1, -0.05) is 30.3 Å². The highest BCUT2D eigenvalue weighted by Gasteiger charge is 2.14. The number of anilines is 1. The predicted octanol–water partition coefficient (Wildman–Crippen LogP) is 3.34. The van der Waals surface area contributed by atoms with Gasteiger partial charge in [0.1, 0.15) is 6.61 Å². The van der Waals surface area contributed by atoms with Crippen LogP contribution in [0.4, 0.5) is 10.5 Å². The van der Waals surface area contributed by atoms with Crippen molar-refractivity contribution in [1.29, 1.82) is 0 Å². The van der Waals surface area contributed by atoms with E-state index >= 15 is 0 Å². The average Bonchev–Trinajstić information content (AvgIpc) is 2.54. The second kappa shape index (κ2) is 7.22. The summed E-state index contributed by atoms with van der Waals surface area (Å²) < 4.78 is 5.07. The second-order valence-electron chi connectivity index (χ2n) is 4.81. The first kappa shape index (κ1) is 16.2. The Morgan fingerprint density at radius 2 is 1.78 bits per heavy atom. The van der Waals surface area contributed by atoms with Gasteiger partial charge in [0, 0.05) is 5.56 Å². The molecule has 0 unspecified atom stereocenters. The number of ether oxygens (including phenoxy) is 1. The quantitative estimate of drug-likeness (QED) is 0.826. The van der Waals surface area contributed by atoms with Crippen LogP contribution in [0.5, 0.6) is 0 Å². The highest BCUT2D eigenvalue weighted by atomic mass is 16.5. The van der Waals surface area contributed by atoms with E-state index in [9.17, 15) is 14.4 Å². The van der Waals surface area contributed by atoms with Gasteiger partial charge in [0.15, 0.2) is 5.78 Å². The van der Waals surface area contributed by atoms with E-state index in [0.717, 1.165) is 5.56 Å². The number of amides is 1. The number of hydrogen-bond donors (Lipinski definition) is 2. The Morgan fingerprint density at radius 3 is 2.39 bits per heavy atom. The number of carboxylic acid groups (broad SMARTS) is 1. The lowest BCUT2D eigenvalue weighted by molar-refractivity contribution is 0.0697. The molecule has 6 nitrogen and oxygen atoms in total. The van der Waals surface area contributed by atoms with Crippen LogP contribution < -0.4 is 5.32 Å². The number of aromatic carboxylic acids is 1. The standard InChI is InChI=1S/C17H15NO5/c1-11(19)14-9-13(16(20)21)7-8-15(14)18-17(22)23-10-12-5-3-2-4-6-12/h2-9H,10H2,1H3,(H,18,22)(H,20,21). The summed E-state index contributed by atoms with van der Waals surface area (Å²) in [5, 5.41) is 11.4. The van der Waals surface area contributed by atoms with Gasteiger partial charge in [-0.05, 0) is 30.7 Å². The van der Waals surface area contributed by atoms with E-state index in [1.807, 2.05) is 30.3 Å². The molecule has 1 amide bonds. The van der Waals surface area contributed by atoms with Crippen molar-refractivity contribution in [1.82, 2.24) is 0 Å². The maximum absolute atomic E-state index is 11.8. The fourth-order valence-electron chi connectivity index (χ4n) is 1.95. The van der Waals surface area contributed by atoms with Crippen molar-refractivity contribution in [2.24, 2.45) is 0 Å². The number of carbonyl (C=O) groups excluding carboxylic acids is 2. The second-order valence-corrected chi connectivity index (χ2v) is 4.81. The fourth-order valence-corrected chi connectivity index (χ4v) is 1.95. The van der Waals surface area contributed by atoms with Crippen molar-refractivity contribution in [2.45, 2.75) is 13.5 Å². The van der Waals surface area contributed by atoms with Crippen molar-refractivity contribution < 1.29 is 24.2 Å². The van der Waals surface area contributed by atoms with Crippen molar-refractivity contribution >= 4 is 23.5 Å². The molecule has 0 aliphatic rings. The largest absolute Gasteiger partial charge is 0.478 e. The summed E-state index contributed by atoms with van der Waals surface area (Å²) in [6.07, 6.45) is -0.723. The minimum Gasteiger partial charge on any atom is -0.478 e. The molecular weight excluding hydrogens is 298 g/mol. The van der Waals surface area contributed by atoms with Crippen LogP contribution in [0, 0.1) is 0 Å². The SMILES string of the molecule is CC(=O)c1cc(C(=O)O)ccc1NC(=O)OCc1ccccc1. The molecule has 0 atom stereocenters. The van der Waals surface area contributed by atoms with E-state index in [4.69, 9.17) is 9.84 Å². The van der Waals surface area contributed by atoms with Crippen molar-refractivity contribution in [3.63, 3.8) is 0 Å². The minimum absolute atomic E-state index is 0.0293. The molecule has 0 saturated heterocycles. The molecule has 0 heterocycles. The first-order chi connectivity index (χ1) is 11.0. The molecule has 2 aromatic carbocycles. The molecular formula is C17H15NO5. The third kappa shape index (κ3) is 4.41. The molecule has 0 aliphatic carbocycles. The first-order valence-electron chi connectivity index (χ1n) is 6.83. The van der Waals surface area contributed by atoms with Gasteiger partial charge in [-0.15, -0.1) is 0 Å². The molecule has 0 radical (unpaired) electrons. The zero-order chi connectivity index (χ0) is 16.8. The smallest absolute Gasteiger partial charge is 0.411 e. The zero-order valence-corrected chi connectivity index (χ0v) is 12.4. The first-order valence-corrected chi connectivity index (χ1v) is 6.83. The molecule has 0 fully saturated rings. The van der Waals surface area contributed by atoms with Crippen LogP contribution in [0.2, 0.25) is 0 Å². The maximum Gasteiger partial charge on any atom is 0.411 e. The van der Waals surface area contributed by atoms with Crippen LogP contribution in [0.1, 0.15) is 33.2 Å². The zero-order valence-electron chi connectivity index (χ0n) is 12.4. The van der Waals surface area contributed by atoms with Crippen molar-refractivity contribution in [3.8, 4) is 0 Å². The Hall–Kier alpha value is -3.15. The van der Waals surface area contributed by atoms with Crippen LogP contribution in [0.15, 0.2) is 48.5 Å². The van der Waals surface area contributed by atoms with E-state index in [0.29, 0.717) is 0 Å². The number of benzene rings is 2. The van der Waals surface area contributed by atoms with E-state index in [1.54, 1.807) is 0 Å². The van der Waals surface area contributed by atoms with Gasteiger partial charge >= 0.3 is 12.1 Å². The Balaban J connectivity index is 2.08. The van der Waals surface area contributed by atoms with Gasteiger partial charge in [0.2, 0.25) is 0 Å². The number of carbonyl (C=O) groups is 3. The summed E-state index contributed by atoms with van der Waals surface area (Å²) in [7, 11) is 0. The van der Waals surface area contributed by atoms with E-state index in [-0.39, 0.29) is 29.2 Å². The Morgan fingerprint density at radius 1 is 1.09 bits per heavy atom. The Kier molecular flexibility index (Phi) is 5.09. The molecule has 2 N–H and O–H groups in total. The van der Waals surface area contributed by atoms with Crippen LogP contribution in [0.25, 0.3) is 0 Å². The lowest BCUT2D eigenvalue weighted by Crippen LogP contribution is -2.16. The summed E-state index contributed by atoms with van der Waals surface area (Å²) in [6.45, 7) is 1.39.